The number of hydrogen-bond donors (Lipinski definition) is 1. The molecular weight excluding hydrogens is 486 g/mol. The lowest BCUT2D eigenvalue weighted by molar-refractivity contribution is 0.0373. The van der Waals surface area contributed by atoms with Crippen LogP contribution in [-0.2, 0) is 10.0 Å². The lowest BCUT2D eigenvalue weighted by atomic mass is 9.99. The van der Waals surface area contributed by atoms with Gasteiger partial charge in [-0.3, -0.25) is 4.79 Å². The van der Waals surface area contributed by atoms with Gasteiger partial charge < -0.3 is 14.7 Å². The number of ether oxygens (including phenoxy) is 1. The van der Waals surface area contributed by atoms with E-state index in [4.69, 9.17) is 4.74 Å². The number of nitrogens with zero attached hydrogens (tertiary/aromatic N) is 3. The van der Waals surface area contributed by atoms with Crippen molar-refractivity contribution in [3.8, 4) is 17.0 Å². The molecule has 1 aliphatic heterocycles. The third kappa shape index (κ3) is 5.25. The molecule has 3 heterocycles. The summed E-state index contributed by atoms with van der Waals surface area (Å²) >= 11 is 1.16. The Balaban J connectivity index is 1.71. The second-order valence-electron chi connectivity index (χ2n) is 8.78. The predicted molar refractivity (Wildman–Crippen MR) is 135 cm³/mol. The minimum absolute atomic E-state index is 0.0818. The molecule has 4 rings (SSSR count). The quantitative estimate of drug-likeness (QED) is 0.518. The number of benzene rings is 1. The molecule has 1 aromatic carbocycles. The number of fused-ring (bicyclic) bond motifs is 1. The fourth-order valence-corrected chi connectivity index (χ4v) is 6.41. The van der Waals surface area contributed by atoms with E-state index in [1.165, 1.54) is 11.4 Å². The minimum atomic E-state index is -3.67. The van der Waals surface area contributed by atoms with Gasteiger partial charge in [0.1, 0.15) is 15.9 Å². The topological polar surface area (TPSA) is 100 Å². The number of hydrogen-bond acceptors (Lipinski definition) is 7. The van der Waals surface area contributed by atoms with Crippen LogP contribution in [0, 0.1) is 5.92 Å². The summed E-state index contributed by atoms with van der Waals surface area (Å²) < 4.78 is 33.8. The van der Waals surface area contributed by atoms with Gasteiger partial charge >= 0.3 is 0 Å². The highest BCUT2D eigenvalue weighted by atomic mass is 32.2. The van der Waals surface area contributed by atoms with Crippen molar-refractivity contribution in [3.63, 3.8) is 0 Å². The normalized spacial score (nSPS) is 19.6. The van der Waals surface area contributed by atoms with Crippen LogP contribution in [0.15, 0.2) is 64.3 Å². The van der Waals surface area contributed by atoms with Crippen molar-refractivity contribution in [1.82, 2.24) is 14.2 Å². The first-order valence-corrected chi connectivity index (χ1v) is 13.7. The molecule has 35 heavy (non-hydrogen) atoms. The monoisotopic (exact) mass is 515 g/mol. The Morgan fingerprint density at radius 1 is 1.23 bits per heavy atom. The van der Waals surface area contributed by atoms with Crippen LogP contribution in [0.4, 0.5) is 0 Å². The summed E-state index contributed by atoms with van der Waals surface area (Å²) in [5, 5.41) is 11.6. The van der Waals surface area contributed by atoms with Crippen LogP contribution in [0.3, 0.4) is 0 Å². The zero-order valence-corrected chi connectivity index (χ0v) is 21.5. The van der Waals surface area contributed by atoms with Gasteiger partial charge in [0.25, 0.3) is 15.9 Å². The maximum Gasteiger partial charge on any atom is 0.259 e. The van der Waals surface area contributed by atoms with E-state index in [0.717, 1.165) is 22.5 Å². The molecule has 10 heteroatoms. The Labute approximate surface area is 209 Å². The van der Waals surface area contributed by atoms with Crippen LogP contribution >= 0.6 is 11.3 Å². The van der Waals surface area contributed by atoms with Gasteiger partial charge in [0, 0.05) is 31.3 Å². The molecule has 0 unspecified atom stereocenters. The van der Waals surface area contributed by atoms with Crippen molar-refractivity contribution < 1.29 is 23.1 Å². The number of sulfonamides is 1. The molecule has 8 nitrogen and oxygen atoms in total. The molecule has 2 aromatic heterocycles. The number of pyridine rings is 1. The van der Waals surface area contributed by atoms with Gasteiger partial charge in [-0.15, -0.1) is 11.3 Å². The van der Waals surface area contributed by atoms with Crippen molar-refractivity contribution in [2.45, 2.75) is 30.2 Å². The van der Waals surface area contributed by atoms with E-state index < -0.39 is 22.2 Å². The largest absolute Gasteiger partial charge is 0.472 e. The number of carbonyl (C=O) groups is 1. The zero-order chi connectivity index (χ0) is 25.2. The molecule has 1 amide bonds. The van der Waals surface area contributed by atoms with Crippen molar-refractivity contribution in [3.05, 3.63) is 65.7 Å². The van der Waals surface area contributed by atoms with Crippen LogP contribution in [-0.4, -0.2) is 72.5 Å². The first-order chi connectivity index (χ1) is 16.7. The number of carbonyl (C=O) groups excluding carboxylic acids is 1. The molecule has 3 aromatic rings. The molecule has 0 spiro atoms. The van der Waals surface area contributed by atoms with Crippen LogP contribution in [0.25, 0.3) is 11.1 Å². The number of aliphatic hydroxyl groups is 1. The molecule has 0 saturated carbocycles. The van der Waals surface area contributed by atoms with Crippen LogP contribution in [0.2, 0.25) is 0 Å². The SMILES string of the molecule is C[C@H](CO)N1C[C@H](C)[C@H](CN(C)S(=O)(=O)c2cccs2)Oc2ncc(-c3ccccc3)cc2C1=O. The van der Waals surface area contributed by atoms with Gasteiger partial charge in [0.2, 0.25) is 5.88 Å². The summed E-state index contributed by atoms with van der Waals surface area (Å²) in [6.45, 7) is 3.87. The maximum absolute atomic E-state index is 13.6. The summed E-state index contributed by atoms with van der Waals surface area (Å²) in [7, 11) is -2.15. The summed E-state index contributed by atoms with van der Waals surface area (Å²) in [6, 6.07) is 14.2. The molecule has 0 bridgehead atoms. The Hall–Kier alpha value is -2.79. The third-order valence-electron chi connectivity index (χ3n) is 6.22. The number of rotatable bonds is 7. The van der Waals surface area contributed by atoms with Gasteiger partial charge in [0.15, 0.2) is 0 Å². The van der Waals surface area contributed by atoms with E-state index in [1.807, 2.05) is 37.3 Å². The molecule has 3 atom stereocenters. The van der Waals surface area contributed by atoms with E-state index in [-0.39, 0.29) is 40.6 Å². The number of likely N-dealkylation sites (N-methyl/N-ethyl adjacent to an activating group) is 1. The first kappa shape index (κ1) is 25.3. The summed E-state index contributed by atoms with van der Waals surface area (Å²) in [6.07, 6.45) is 1.08. The summed E-state index contributed by atoms with van der Waals surface area (Å²) in [4.78, 5) is 19.6. The molecule has 0 saturated heterocycles. The molecule has 1 N–H and O–H groups in total. The van der Waals surface area contributed by atoms with Gasteiger partial charge in [-0.1, -0.05) is 43.3 Å². The summed E-state index contributed by atoms with van der Waals surface area (Å²) in [5.41, 5.74) is 1.96. The van der Waals surface area contributed by atoms with Crippen molar-refractivity contribution in [2.75, 3.05) is 26.7 Å². The van der Waals surface area contributed by atoms with E-state index in [9.17, 15) is 18.3 Å². The molecule has 0 fully saturated rings. The second kappa shape index (κ2) is 10.4. The molecule has 186 valence electrons. The van der Waals surface area contributed by atoms with Crippen LogP contribution in [0.1, 0.15) is 24.2 Å². The fraction of sp³-hybridized carbons (Fsp3) is 0.360. The highest BCUT2D eigenvalue weighted by Gasteiger charge is 2.36. The number of aromatic nitrogens is 1. The van der Waals surface area contributed by atoms with Gasteiger partial charge in [-0.05, 0) is 30.0 Å². The van der Waals surface area contributed by atoms with E-state index in [1.54, 1.807) is 41.6 Å². The van der Waals surface area contributed by atoms with E-state index >= 15 is 0 Å². The van der Waals surface area contributed by atoms with Crippen molar-refractivity contribution in [2.24, 2.45) is 5.92 Å². The van der Waals surface area contributed by atoms with Gasteiger partial charge in [0.05, 0.1) is 19.2 Å². The summed E-state index contributed by atoms with van der Waals surface area (Å²) in [5.74, 6) is -0.349. The Bertz CT molecular complexity index is 1270. The molecule has 0 radical (unpaired) electrons. The molecule has 1 aliphatic rings. The standard InChI is InChI=1S/C25H29N3O5S2/c1-17-14-28(18(2)16-29)25(30)21-12-20(19-8-5-4-6-9-19)13-26-24(21)33-22(17)15-27(3)35(31,32)23-10-7-11-34-23/h4-13,17-18,22,29H,14-16H2,1-3H3/t17-,18+,22-/m0/s1. The number of aliphatic hydroxyl groups excluding tert-OH is 1. The second-order valence-corrected chi connectivity index (χ2v) is 12.0. The van der Waals surface area contributed by atoms with E-state index in [2.05, 4.69) is 4.98 Å². The highest BCUT2D eigenvalue weighted by molar-refractivity contribution is 7.91. The van der Waals surface area contributed by atoms with Crippen LogP contribution in [0.5, 0.6) is 5.88 Å². The third-order valence-corrected chi connectivity index (χ3v) is 9.42. The smallest absolute Gasteiger partial charge is 0.259 e. The molecule has 0 aliphatic carbocycles. The van der Waals surface area contributed by atoms with Gasteiger partial charge in [-0.25, -0.2) is 13.4 Å². The Kier molecular flexibility index (Phi) is 7.56. The highest BCUT2D eigenvalue weighted by Crippen LogP contribution is 2.31. The zero-order valence-electron chi connectivity index (χ0n) is 19.9. The van der Waals surface area contributed by atoms with E-state index in [0.29, 0.717) is 6.54 Å². The average molecular weight is 516 g/mol. The maximum atomic E-state index is 13.6. The van der Waals surface area contributed by atoms with Crippen molar-refractivity contribution >= 4 is 27.3 Å². The van der Waals surface area contributed by atoms with Crippen molar-refractivity contribution in [1.29, 1.82) is 0 Å². The lowest BCUT2D eigenvalue weighted by Gasteiger charge is -2.37. The van der Waals surface area contributed by atoms with Crippen LogP contribution < -0.4 is 4.74 Å². The lowest BCUT2D eigenvalue weighted by Crippen LogP contribution is -2.50. The Morgan fingerprint density at radius 3 is 2.63 bits per heavy atom. The predicted octanol–water partition coefficient (Wildman–Crippen LogP) is 3.35. The van der Waals surface area contributed by atoms with Gasteiger partial charge in [-0.2, -0.15) is 4.31 Å². The average Bonchev–Trinajstić information content (AvgIpc) is 3.42. The fourth-order valence-electron chi connectivity index (χ4n) is 4.02. The first-order valence-electron chi connectivity index (χ1n) is 11.4. The molecular formula is C25H29N3O5S2. The Morgan fingerprint density at radius 2 is 1.97 bits per heavy atom. The minimum Gasteiger partial charge on any atom is -0.472 e. The number of amides is 1. The number of thiophene rings is 1.